The quantitative estimate of drug-likeness (QED) is 0.828. The average Bonchev–Trinajstić information content (AvgIpc) is 3.06. The van der Waals surface area contributed by atoms with Gasteiger partial charge in [0.25, 0.3) is 0 Å². The highest BCUT2D eigenvalue weighted by Crippen LogP contribution is 2.36. The Morgan fingerprint density at radius 3 is 2.64 bits per heavy atom. The van der Waals surface area contributed by atoms with Crippen LogP contribution in [0.1, 0.15) is 42.9 Å². The van der Waals surface area contributed by atoms with Crippen molar-refractivity contribution in [2.24, 2.45) is 11.7 Å². The number of imidazole rings is 1. The van der Waals surface area contributed by atoms with Crippen molar-refractivity contribution in [1.29, 1.82) is 0 Å². The lowest BCUT2D eigenvalue weighted by Crippen LogP contribution is -2.24. The molecule has 1 fully saturated rings. The van der Waals surface area contributed by atoms with Crippen molar-refractivity contribution in [3.05, 3.63) is 35.7 Å². The summed E-state index contributed by atoms with van der Waals surface area (Å²) in [5.74, 6) is 2.64. The molecule has 1 heterocycles. The summed E-state index contributed by atoms with van der Waals surface area (Å²) in [6.45, 7) is 5.00. The lowest BCUT2D eigenvalue weighted by molar-refractivity contribution is 0.273. The second-order valence-electron chi connectivity index (χ2n) is 6.72. The van der Waals surface area contributed by atoms with E-state index < -0.39 is 0 Å². The summed E-state index contributed by atoms with van der Waals surface area (Å²) in [7, 11) is 1.72. The van der Waals surface area contributed by atoms with Crippen LogP contribution in [0.4, 0.5) is 0 Å². The Labute approximate surface area is 163 Å². The lowest BCUT2D eigenvalue weighted by Gasteiger charge is -2.30. The van der Waals surface area contributed by atoms with Gasteiger partial charge in [0.2, 0.25) is 0 Å². The van der Waals surface area contributed by atoms with E-state index in [1.54, 1.807) is 7.11 Å². The molecular weight excluding hydrogens is 357 g/mol. The molecule has 0 bridgehead atoms. The van der Waals surface area contributed by atoms with Crippen LogP contribution in [0.5, 0.6) is 5.75 Å². The highest BCUT2D eigenvalue weighted by Gasteiger charge is 2.24. The number of rotatable bonds is 4. The number of aryl methyl sites for hydroxylation is 2. The first-order valence-electron chi connectivity index (χ1n) is 8.52. The van der Waals surface area contributed by atoms with Crippen LogP contribution in [0.3, 0.4) is 0 Å². The van der Waals surface area contributed by atoms with Crippen LogP contribution in [0.2, 0.25) is 0 Å². The molecule has 0 radical (unpaired) electrons. The molecule has 0 spiro atoms. The number of methoxy groups -OCH3 is 1. The smallest absolute Gasteiger partial charge is 0.140 e. The largest absolute Gasteiger partial charge is 0.496 e. The molecule has 0 amide bonds. The summed E-state index contributed by atoms with van der Waals surface area (Å²) < 4.78 is 7.79. The second kappa shape index (κ2) is 9.46. The van der Waals surface area contributed by atoms with Crippen LogP contribution in [-0.2, 0) is 0 Å². The Bertz CT molecular complexity index is 687. The molecule has 6 heteroatoms. The van der Waals surface area contributed by atoms with E-state index in [0.717, 1.165) is 30.1 Å². The molecule has 0 aliphatic heterocycles. The van der Waals surface area contributed by atoms with Crippen molar-refractivity contribution in [3.63, 3.8) is 0 Å². The first kappa shape index (κ1) is 21.8. The molecule has 3 rings (SSSR count). The second-order valence-corrected chi connectivity index (χ2v) is 6.72. The molecule has 2 N–H and O–H groups in total. The zero-order chi connectivity index (χ0) is 16.4. The van der Waals surface area contributed by atoms with Gasteiger partial charge in [0.1, 0.15) is 11.6 Å². The zero-order valence-electron chi connectivity index (χ0n) is 15.2. The molecule has 1 aromatic heterocycles. The molecule has 140 valence electrons. The molecule has 2 aromatic rings. The van der Waals surface area contributed by atoms with Crippen LogP contribution in [0.25, 0.3) is 11.4 Å². The highest BCUT2D eigenvalue weighted by atomic mass is 35.5. The number of halogens is 2. The number of nitrogens with zero attached hydrogens (tertiary/aromatic N) is 2. The van der Waals surface area contributed by atoms with Gasteiger partial charge in [-0.1, -0.05) is 6.42 Å². The van der Waals surface area contributed by atoms with Crippen LogP contribution < -0.4 is 10.5 Å². The number of ether oxygens (including phenoxy) is 1. The molecular formula is C19H29Cl2N3O. The number of aromatic nitrogens is 2. The molecule has 2 atom stereocenters. The Kier molecular flexibility index (Phi) is 8.26. The predicted molar refractivity (Wildman–Crippen MR) is 108 cm³/mol. The van der Waals surface area contributed by atoms with Crippen molar-refractivity contribution in [2.75, 3.05) is 13.7 Å². The molecule has 0 saturated heterocycles. The fraction of sp³-hybridized carbons (Fsp3) is 0.526. The van der Waals surface area contributed by atoms with Gasteiger partial charge in [0.05, 0.1) is 7.11 Å². The van der Waals surface area contributed by atoms with E-state index in [2.05, 4.69) is 41.7 Å². The minimum absolute atomic E-state index is 0. The van der Waals surface area contributed by atoms with Crippen molar-refractivity contribution in [3.8, 4) is 17.1 Å². The van der Waals surface area contributed by atoms with Gasteiger partial charge in [-0.2, -0.15) is 0 Å². The molecule has 1 aliphatic rings. The van der Waals surface area contributed by atoms with Crippen molar-refractivity contribution in [2.45, 2.75) is 45.6 Å². The summed E-state index contributed by atoms with van der Waals surface area (Å²) >= 11 is 0. The van der Waals surface area contributed by atoms with Crippen molar-refractivity contribution >= 4 is 24.8 Å². The third-order valence-electron chi connectivity index (χ3n) is 5.13. The maximum Gasteiger partial charge on any atom is 0.140 e. The number of hydrogen-bond donors (Lipinski definition) is 1. The van der Waals surface area contributed by atoms with Gasteiger partial charge < -0.3 is 15.0 Å². The van der Waals surface area contributed by atoms with Gasteiger partial charge in [0.15, 0.2) is 0 Å². The molecule has 25 heavy (non-hydrogen) atoms. The van der Waals surface area contributed by atoms with E-state index in [1.807, 2.05) is 6.20 Å². The van der Waals surface area contributed by atoms with E-state index in [4.69, 9.17) is 10.5 Å². The Morgan fingerprint density at radius 1 is 1.20 bits per heavy atom. The first-order chi connectivity index (χ1) is 11.1. The van der Waals surface area contributed by atoms with Crippen LogP contribution in [-0.4, -0.2) is 23.2 Å². The summed E-state index contributed by atoms with van der Waals surface area (Å²) in [4.78, 5) is 4.66. The van der Waals surface area contributed by atoms with Gasteiger partial charge >= 0.3 is 0 Å². The maximum absolute atomic E-state index is 5.91. The topological polar surface area (TPSA) is 53.1 Å². The summed E-state index contributed by atoms with van der Waals surface area (Å²) in [6, 6.07) is 4.81. The van der Waals surface area contributed by atoms with Gasteiger partial charge in [-0.15, -0.1) is 24.8 Å². The lowest BCUT2D eigenvalue weighted by atomic mass is 9.85. The number of benzene rings is 1. The normalized spacial score (nSPS) is 19.7. The van der Waals surface area contributed by atoms with Gasteiger partial charge in [-0.05, 0) is 68.8 Å². The third-order valence-corrected chi connectivity index (χ3v) is 5.13. The highest BCUT2D eigenvalue weighted by molar-refractivity contribution is 5.85. The van der Waals surface area contributed by atoms with Crippen molar-refractivity contribution < 1.29 is 4.74 Å². The SMILES string of the molecule is COc1cc(C)c(-c2nccn2[C@@H]2CCC[C@H](CN)C2)cc1C.Cl.Cl. The van der Waals surface area contributed by atoms with Gasteiger partial charge in [0, 0.05) is 24.0 Å². The fourth-order valence-corrected chi connectivity index (χ4v) is 3.80. The molecule has 1 aliphatic carbocycles. The fourth-order valence-electron chi connectivity index (χ4n) is 3.80. The Balaban J connectivity index is 0.00000156. The predicted octanol–water partition coefficient (Wildman–Crippen LogP) is 4.71. The number of hydrogen-bond acceptors (Lipinski definition) is 3. The monoisotopic (exact) mass is 385 g/mol. The van der Waals surface area contributed by atoms with E-state index in [9.17, 15) is 0 Å². The minimum Gasteiger partial charge on any atom is -0.496 e. The van der Waals surface area contributed by atoms with Gasteiger partial charge in [-0.3, -0.25) is 0 Å². The van der Waals surface area contributed by atoms with E-state index in [1.165, 1.54) is 30.4 Å². The van der Waals surface area contributed by atoms with Crippen LogP contribution in [0, 0.1) is 19.8 Å². The Morgan fingerprint density at radius 2 is 1.96 bits per heavy atom. The van der Waals surface area contributed by atoms with E-state index >= 15 is 0 Å². The summed E-state index contributed by atoms with van der Waals surface area (Å²) in [6.07, 6.45) is 8.93. The zero-order valence-corrected chi connectivity index (χ0v) is 16.8. The van der Waals surface area contributed by atoms with Crippen LogP contribution >= 0.6 is 24.8 Å². The maximum atomic E-state index is 5.91. The molecule has 4 nitrogen and oxygen atoms in total. The van der Waals surface area contributed by atoms with E-state index in [-0.39, 0.29) is 24.8 Å². The number of nitrogens with two attached hydrogens (primary N) is 1. The van der Waals surface area contributed by atoms with Crippen LogP contribution in [0.15, 0.2) is 24.5 Å². The standard InChI is InChI=1S/C19H27N3O.2ClH/c1-13-10-18(23-3)14(2)9-17(13)19-21-7-8-22(19)16-6-4-5-15(11-16)12-20;;/h7-10,15-16H,4-6,11-12,20H2,1-3H3;2*1H/t15-,16+;;/m0../s1. The molecule has 1 aromatic carbocycles. The molecule has 0 unspecified atom stereocenters. The van der Waals surface area contributed by atoms with Crippen molar-refractivity contribution in [1.82, 2.24) is 9.55 Å². The summed E-state index contributed by atoms with van der Waals surface area (Å²) in [5.41, 5.74) is 9.45. The van der Waals surface area contributed by atoms with Gasteiger partial charge in [-0.25, -0.2) is 4.98 Å². The summed E-state index contributed by atoms with van der Waals surface area (Å²) in [5, 5.41) is 0. The first-order valence-corrected chi connectivity index (χ1v) is 8.52. The van der Waals surface area contributed by atoms with E-state index in [0.29, 0.717) is 12.0 Å². The average molecular weight is 386 g/mol. The third kappa shape index (κ3) is 4.49. The Hall–Kier alpha value is -1.23. The molecule has 1 saturated carbocycles. The minimum atomic E-state index is 0.